The molecule has 0 fully saturated rings. The molecule has 0 radical (unpaired) electrons. The lowest BCUT2D eigenvalue weighted by atomic mass is 10.1. The molecule has 0 aliphatic rings. The largest absolute Gasteiger partial charge is 0.370 e. The van der Waals surface area contributed by atoms with Crippen molar-refractivity contribution in [3.05, 3.63) is 28.7 Å². The van der Waals surface area contributed by atoms with Gasteiger partial charge in [0.1, 0.15) is 6.61 Å². The second kappa shape index (κ2) is 6.14. The number of anilines is 1. The highest BCUT2D eigenvalue weighted by Crippen LogP contribution is 2.15. The van der Waals surface area contributed by atoms with Crippen LogP contribution in [0.15, 0.2) is 28.7 Å². The Morgan fingerprint density at radius 3 is 2.82 bits per heavy atom. The van der Waals surface area contributed by atoms with Gasteiger partial charge in [0.2, 0.25) is 5.91 Å². The van der Waals surface area contributed by atoms with Gasteiger partial charge in [0.25, 0.3) is 0 Å². The average molecular weight is 301 g/mol. The molecule has 1 rings (SSSR count). The van der Waals surface area contributed by atoms with Gasteiger partial charge in [-0.25, -0.2) is 0 Å². The van der Waals surface area contributed by atoms with Crippen LogP contribution in [0, 0.1) is 0 Å². The number of carbonyl (C=O) groups excluding carboxylic acids is 1. The Morgan fingerprint density at radius 1 is 1.53 bits per heavy atom. The number of carbonyl (C=O) groups is 1. The zero-order valence-electron chi connectivity index (χ0n) is 10.00. The minimum atomic E-state index is -0.421. The van der Waals surface area contributed by atoms with E-state index in [9.17, 15) is 4.79 Å². The van der Waals surface area contributed by atoms with E-state index in [0.29, 0.717) is 6.61 Å². The first kappa shape index (κ1) is 14.2. The van der Waals surface area contributed by atoms with Gasteiger partial charge in [0.05, 0.1) is 6.61 Å². The van der Waals surface area contributed by atoms with Crippen LogP contribution in [-0.2, 0) is 9.53 Å². The third kappa shape index (κ3) is 6.41. The molecule has 3 N–H and O–H groups in total. The maximum Gasteiger partial charge on any atom is 0.250 e. The third-order valence-corrected chi connectivity index (χ3v) is 2.31. The van der Waals surface area contributed by atoms with Gasteiger partial charge in [0, 0.05) is 15.7 Å². The van der Waals surface area contributed by atoms with Crippen LogP contribution in [0.2, 0.25) is 0 Å². The van der Waals surface area contributed by atoms with E-state index in [-0.39, 0.29) is 12.5 Å². The number of ether oxygens (including phenoxy) is 1. The highest BCUT2D eigenvalue weighted by molar-refractivity contribution is 9.10. The molecule has 94 valence electrons. The molecule has 1 amide bonds. The predicted molar refractivity (Wildman–Crippen MR) is 71.9 cm³/mol. The van der Waals surface area contributed by atoms with E-state index >= 15 is 0 Å². The lowest BCUT2D eigenvalue weighted by Crippen LogP contribution is -2.38. The first-order valence-corrected chi connectivity index (χ1v) is 6.08. The SMILES string of the molecule is CC(C)(N)COCC(=O)Nc1cccc(Br)c1. The standard InChI is InChI=1S/C12H17BrN2O2/c1-12(2,14)8-17-7-11(16)15-10-5-3-4-9(13)6-10/h3-6H,7-8,14H2,1-2H3,(H,15,16). The van der Waals surface area contributed by atoms with Crippen molar-refractivity contribution in [3.63, 3.8) is 0 Å². The van der Waals surface area contributed by atoms with Gasteiger partial charge in [-0.15, -0.1) is 0 Å². The van der Waals surface area contributed by atoms with Crippen LogP contribution < -0.4 is 11.1 Å². The number of nitrogens with one attached hydrogen (secondary N) is 1. The van der Waals surface area contributed by atoms with Gasteiger partial charge in [0.15, 0.2) is 0 Å². The van der Waals surface area contributed by atoms with Crippen molar-refractivity contribution in [3.8, 4) is 0 Å². The van der Waals surface area contributed by atoms with E-state index < -0.39 is 5.54 Å². The minimum Gasteiger partial charge on any atom is -0.370 e. The first-order valence-electron chi connectivity index (χ1n) is 5.29. The van der Waals surface area contributed by atoms with Crippen molar-refractivity contribution >= 4 is 27.5 Å². The topological polar surface area (TPSA) is 64.3 Å². The van der Waals surface area contributed by atoms with Gasteiger partial charge in [-0.1, -0.05) is 22.0 Å². The monoisotopic (exact) mass is 300 g/mol. The van der Waals surface area contributed by atoms with Crippen molar-refractivity contribution in [2.75, 3.05) is 18.5 Å². The van der Waals surface area contributed by atoms with Crippen LogP contribution in [-0.4, -0.2) is 24.7 Å². The van der Waals surface area contributed by atoms with Crippen molar-refractivity contribution in [1.82, 2.24) is 0 Å². The van der Waals surface area contributed by atoms with Crippen LogP contribution in [0.25, 0.3) is 0 Å². The summed E-state index contributed by atoms with van der Waals surface area (Å²) in [6.07, 6.45) is 0. The molecule has 17 heavy (non-hydrogen) atoms. The van der Waals surface area contributed by atoms with Gasteiger partial charge >= 0.3 is 0 Å². The summed E-state index contributed by atoms with van der Waals surface area (Å²) in [5.74, 6) is -0.188. The summed E-state index contributed by atoms with van der Waals surface area (Å²) in [5.41, 5.74) is 6.05. The van der Waals surface area contributed by atoms with E-state index in [4.69, 9.17) is 10.5 Å². The number of hydrogen-bond acceptors (Lipinski definition) is 3. The molecule has 0 heterocycles. The van der Waals surface area contributed by atoms with Crippen molar-refractivity contribution in [2.45, 2.75) is 19.4 Å². The van der Waals surface area contributed by atoms with E-state index in [1.165, 1.54) is 0 Å². The van der Waals surface area contributed by atoms with Crippen LogP contribution in [0.4, 0.5) is 5.69 Å². The third-order valence-electron chi connectivity index (χ3n) is 1.82. The number of benzene rings is 1. The Morgan fingerprint density at radius 2 is 2.24 bits per heavy atom. The fourth-order valence-electron chi connectivity index (χ4n) is 1.17. The number of amides is 1. The lowest BCUT2D eigenvalue weighted by Gasteiger charge is -2.17. The molecule has 1 aromatic carbocycles. The summed E-state index contributed by atoms with van der Waals surface area (Å²) in [4.78, 5) is 11.5. The molecule has 0 aliphatic carbocycles. The van der Waals surface area contributed by atoms with Gasteiger partial charge in [-0.05, 0) is 32.0 Å². The first-order chi connectivity index (χ1) is 7.87. The molecule has 0 saturated heterocycles. The summed E-state index contributed by atoms with van der Waals surface area (Å²) in [5, 5.41) is 2.73. The molecule has 0 spiro atoms. The predicted octanol–water partition coefficient (Wildman–Crippen LogP) is 2.14. The van der Waals surface area contributed by atoms with Gasteiger partial charge < -0.3 is 15.8 Å². The molecule has 0 atom stereocenters. The molecule has 0 bridgehead atoms. The highest BCUT2D eigenvalue weighted by atomic mass is 79.9. The van der Waals surface area contributed by atoms with E-state index in [1.54, 1.807) is 0 Å². The quantitative estimate of drug-likeness (QED) is 0.876. The van der Waals surface area contributed by atoms with Crippen LogP contribution in [0.1, 0.15) is 13.8 Å². The van der Waals surface area contributed by atoms with E-state index in [0.717, 1.165) is 10.2 Å². The maximum absolute atomic E-state index is 11.5. The zero-order valence-corrected chi connectivity index (χ0v) is 11.6. The molecule has 0 aromatic heterocycles. The molecular formula is C12H17BrN2O2. The van der Waals surface area contributed by atoms with Gasteiger partial charge in [-0.3, -0.25) is 4.79 Å². The Balaban J connectivity index is 2.35. The molecule has 5 heteroatoms. The van der Waals surface area contributed by atoms with Crippen LogP contribution in [0.3, 0.4) is 0 Å². The fraction of sp³-hybridized carbons (Fsp3) is 0.417. The molecule has 1 aromatic rings. The Bertz CT molecular complexity index is 388. The smallest absolute Gasteiger partial charge is 0.250 e. The summed E-state index contributed by atoms with van der Waals surface area (Å²) >= 11 is 3.33. The molecule has 0 aliphatic heterocycles. The highest BCUT2D eigenvalue weighted by Gasteiger charge is 2.11. The van der Waals surface area contributed by atoms with Crippen LogP contribution >= 0.6 is 15.9 Å². The molecule has 4 nitrogen and oxygen atoms in total. The number of nitrogens with two attached hydrogens (primary N) is 1. The molecular weight excluding hydrogens is 284 g/mol. The minimum absolute atomic E-state index is 0.00709. The van der Waals surface area contributed by atoms with Crippen molar-refractivity contribution < 1.29 is 9.53 Å². The van der Waals surface area contributed by atoms with Gasteiger partial charge in [-0.2, -0.15) is 0 Å². The summed E-state index contributed by atoms with van der Waals surface area (Å²) in [6.45, 7) is 4.05. The maximum atomic E-state index is 11.5. The van der Waals surface area contributed by atoms with E-state index in [1.807, 2.05) is 38.1 Å². The Labute approximate surface area is 110 Å². The number of rotatable bonds is 5. The second-order valence-corrected chi connectivity index (χ2v) is 5.46. The summed E-state index contributed by atoms with van der Waals surface area (Å²) in [6, 6.07) is 7.38. The van der Waals surface area contributed by atoms with E-state index in [2.05, 4.69) is 21.2 Å². The fourth-order valence-corrected chi connectivity index (χ4v) is 1.57. The Hall–Kier alpha value is -0.910. The normalized spacial score (nSPS) is 11.3. The van der Waals surface area contributed by atoms with Crippen molar-refractivity contribution in [2.24, 2.45) is 5.73 Å². The second-order valence-electron chi connectivity index (χ2n) is 4.54. The lowest BCUT2D eigenvalue weighted by molar-refractivity contribution is -0.121. The molecule has 0 saturated carbocycles. The molecule has 0 unspecified atom stereocenters. The zero-order chi connectivity index (χ0) is 12.9. The summed E-state index contributed by atoms with van der Waals surface area (Å²) < 4.78 is 6.13. The van der Waals surface area contributed by atoms with Crippen molar-refractivity contribution in [1.29, 1.82) is 0 Å². The summed E-state index contributed by atoms with van der Waals surface area (Å²) in [7, 11) is 0. The average Bonchev–Trinajstić information content (AvgIpc) is 2.15. The number of hydrogen-bond donors (Lipinski definition) is 2. The number of halogens is 1. The van der Waals surface area contributed by atoms with Crippen LogP contribution in [0.5, 0.6) is 0 Å². The Kier molecular flexibility index (Phi) is 5.11.